The van der Waals surface area contributed by atoms with Crippen molar-refractivity contribution < 1.29 is 23.5 Å². The first kappa shape index (κ1) is 23.8. The van der Waals surface area contributed by atoms with Crippen molar-refractivity contribution in [3.05, 3.63) is 98.9 Å². The highest BCUT2D eigenvalue weighted by atomic mass is 16.5. The first-order chi connectivity index (χ1) is 18.3. The number of para-hydroxylation sites is 1. The minimum Gasteiger partial charge on any atom is -0.493 e. The van der Waals surface area contributed by atoms with E-state index < -0.39 is 11.4 Å². The van der Waals surface area contributed by atoms with Crippen molar-refractivity contribution >= 4 is 28.5 Å². The fourth-order valence-corrected chi connectivity index (χ4v) is 5.79. The first-order valence-electron chi connectivity index (χ1n) is 12.3. The maximum absolute atomic E-state index is 14.2. The average Bonchev–Trinajstić information content (AvgIpc) is 3.31. The molecule has 2 amide bonds. The van der Waals surface area contributed by atoms with Gasteiger partial charge in [-0.05, 0) is 49.2 Å². The normalized spacial score (nSPS) is 17.9. The molecule has 3 heterocycles. The molecule has 8 nitrogen and oxygen atoms in total. The Bertz CT molecular complexity index is 1710. The van der Waals surface area contributed by atoms with Crippen LogP contribution in [0, 0.1) is 6.92 Å². The van der Waals surface area contributed by atoms with Crippen molar-refractivity contribution in [2.45, 2.75) is 18.9 Å². The summed E-state index contributed by atoms with van der Waals surface area (Å²) in [4.78, 5) is 45.3. The number of methoxy groups -OCH3 is 2. The molecule has 6 rings (SSSR count). The zero-order chi connectivity index (χ0) is 26.8. The van der Waals surface area contributed by atoms with Crippen LogP contribution < -0.4 is 19.8 Å². The van der Waals surface area contributed by atoms with Gasteiger partial charge in [0.2, 0.25) is 5.76 Å². The van der Waals surface area contributed by atoms with Crippen molar-refractivity contribution in [3.63, 3.8) is 0 Å². The van der Waals surface area contributed by atoms with E-state index in [4.69, 9.17) is 13.9 Å². The maximum Gasteiger partial charge on any atom is 0.291 e. The summed E-state index contributed by atoms with van der Waals surface area (Å²) >= 11 is 0. The lowest BCUT2D eigenvalue weighted by atomic mass is 9.83. The molecule has 1 atom stereocenters. The first-order valence-corrected chi connectivity index (χ1v) is 12.3. The number of amides is 2. The predicted octanol–water partition coefficient (Wildman–Crippen LogP) is 4.04. The van der Waals surface area contributed by atoms with E-state index in [-0.39, 0.29) is 29.2 Å². The summed E-state index contributed by atoms with van der Waals surface area (Å²) in [5.41, 5.74) is 1.41. The molecule has 8 heteroatoms. The number of ether oxygens (including phenoxy) is 2. The van der Waals surface area contributed by atoms with Gasteiger partial charge in [-0.25, -0.2) is 0 Å². The van der Waals surface area contributed by atoms with Gasteiger partial charge in [0.05, 0.1) is 25.2 Å². The van der Waals surface area contributed by atoms with Gasteiger partial charge in [0.1, 0.15) is 5.58 Å². The molecule has 1 unspecified atom stereocenters. The van der Waals surface area contributed by atoms with Gasteiger partial charge in [0.25, 0.3) is 11.8 Å². The van der Waals surface area contributed by atoms with Crippen LogP contribution >= 0.6 is 0 Å². The van der Waals surface area contributed by atoms with Gasteiger partial charge in [-0.15, -0.1) is 0 Å². The van der Waals surface area contributed by atoms with E-state index in [1.807, 2.05) is 49.4 Å². The lowest BCUT2D eigenvalue weighted by molar-refractivity contribution is -0.125. The van der Waals surface area contributed by atoms with Gasteiger partial charge in [-0.1, -0.05) is 35.9 Å². The quantitative estimate of drug-likeness (QED) is 0.403. The van der Waals surface area contributed by atoms with Crippen molar-refractivity contribution in [1.29, 1.82) is 0 Å². The van der Waals surface area contributed by atoms with Crippen LogP contribution in [-0.4, -0.2) is 44.5 Å². The van der Waals surface area contributed by atoms with E-state index in [2.05, 4.69) is 0 Å². The molecule has 3 aromatic carbocycles. The molecule has 0 radical (unpaired) electrons. The molecule has 0 saturated carbocycles. The third kappa shape index (κ3) is 3.06. The minimum atomic E-state index is -1.62. The monoisotopic (exact) mass is 510 g/mol. The number of carbonyl (C=O) groups excluding carboxylic acids is 2. The summed E-state index contributed by atoms with van der Waals surface area (Å²) < 4.78 is 16.9. The number of nitrogens with zero attached hydrogens (tertiary/aromatic N) is 2. The Morgan fingerprint density at radius 1 is 0.921 bits per heavy atom. The Hall–Kier alpha value is -4.59. The van der Waals surface area contributed by atoms with Crippen LogP contribution in [0.25, 0.3) is 11.0 Å². The van der Waals surface area contributed by atoms with Gasteiger partial charge in [-0.2, -0.15) is 0 Å². The summed E-state index contributed by atoms with van der Waals surface area (Å²) in [6.45, 7) is 2.05. The topological polar surface area (TPSA) is 89.3 Å². The molecular weight excluding hydrogens is 484 g/mol. The summed E-state index contributed by atoms with van der Waals surface area (Å²) in [5, 5.41) is 0.345. The van der Waals surface area contributed by atoms with Crippen LogP contribution in [0.4, 0.5) is 5.69 Å². The van der Waals surface area contributed by atoms with Crippen LogP contribution in [0.2, 0.25) is 0 Å². The molecule has 1 spiro atoms. The van der Waals surface area contributed by atoms with E-state index >= 15 is 0 Å². The lowest BCUT2D eigenvalue weighted by Crippen LogP contribution is -2.53. The maximum atomic E-state index is 14.2. The molecule has 0 fully saturated rings. The molecule has 2 aliphatic rings. The second-order valence-corrected chi connectivity index (χ2v) is 9.62. The highest BCUT2D eigenvalue weighted by Crippen LogP contribution is 2.52. The van der Waals surface area contributed by atoms with Gasteiger partial charge in [0.15, 0.2) is 22.5 Å². The third-order valence-electron chi connectivity index (χ3n) is 7.59. The average molecular weight is 511 g/mol. The summed E-state index contributed by atoms with van der Waals surface area (Å²) in [7, 11) is 4.79. The Labute approximate surface area is 219 Å². The SMILES string of the molecule is COc1ccc(CCN2C(=O)c3oc4ccc(C)cc4c(=O)c3C23C(=O)N(C)c2ccccc23)cc1OC. The number of fused-ring (bicyclic) bond motifs is 5. The summed E-state index contributed by atoms with van der Waals surface area (Å²) in [5.74, 6) is 0.222. The second kappa shape index (κ2) is 8.48. The van der Waals surface area contributed by atoms with Gasteiger partial charge >= 0.3 is 0 Å². The molecule has 0 saturated heterocycles. The Morgan fingerprint density at radius 3 is 2.45 bits per heavy atom. The number of carbonyl (C=O) groups is 2. The van der Waals surface area contributed by atoms with Crippen molar-refractivity contribution in [2.24, 2.45) is 0 Å². The van der Waals surface area contributed by atoms with Gasteiger partial charge in [-0.3, -0.25) is 14.4 Å². The number of hydrogen-bond donors (Lipinski definition) is 0. The standard InChI is InChI=1S/C30H26N2O6/c1-17-9-11-22-19(15-17)26(33)25-27(38-22)28(34)32(14-13-18-10-12-23(36-3)24(16-18)37-4)30(25)20-7-5-6-8-21(20)31(2)29(30)35/h5-12,15-16H,13-14H2,1-4H3. The zero-order valence-corrected chi connectivity index (χ0v) is 21.5. The lowest BCUT2D eigenvalue weighted by Gasteiger charge is -2.34. The Kier molecular flexibility index (Phi) is 5.31. The molecule has 192 valence electrons. The number of aryl methyl sites for hydroxylation is 1. The molecule has 38 heavy (non-hydrogen) atoms. The molecule has 1 aromatic heterocycles. The highest BCUT2D eigenvalue weighted by Gasteiger charge is 2.64. The van der Waals surface area contributed by atoms with Crippen molar-refractivity contribution in [2.75, 3.05) is 32.7 Å². The minimum absolute atomic E-state index is 0.0784. The van der Waals surface area contributed by atoms with E-state index in [1.54, 1.807) is 39.5 Å². The van der Waals surface area contributed by atoms with Crippen LogP contribution in [-0.2, 0) is 16.8 Å². The molecule has 0 N–H and O–H groups in total. The molecule has 0 aliphatic carbocycles. The number of anilines is 1. The number of benzene rings is 3. The largest absolute Gasteiger partial charge is 0.493 e. The Morgan fingerprint density at radius 2 is 1.68 bits per heavy atom. The number of likely N-dealkylation sites (N-methyl/N-ethyl adjacent to an activating group) is 1. The molecule has 0 bridgehead atoms. The second-order valence-electron chi connectivity index (χ2n) is 9.62. The summed E-state index contributed by atoms with van der Waals surface area (Å²) in [6.07, 6.45) is 0.411. The Balaban J connectivity index is 1.56. The fraction of sp³-hybridized carbons (Fsp3) is 0.233. The van der Waals surface area contributed by atoms with E-state index in [0.717, 1.165) is 11.1 Å². The van der Waals surface area contributed by atoms with Gasteiger partial charge in [0, 0.05) is 24.8 Å². The van der Waals surface area contributed by atoms with E-state index in [1.165, 1.54) is 9.80 Å². The molecule has 4 aromatic rings. The van der Waals surface area contributed by atoms with Crippen LogP contribution in [0.1, 0.15) is 32.8 Å². The van der Waals surface area contributed by atoms with E-state index in [0.29, 0.717) is 40.1 Å². The van der Waals surface area contributed by atoms with Gasteiger partial charge < -0.3 is 23.7 Å². The summed E-state index contributed by atoms with van der Waals surface area (Å²) in [6, 6.07) is 18.1. The van der Waals surface area contributed by atoms with Crippen LogP contribution in [0.5, 0.6) is 11.5 Å². The van der Waals surface area contributed by atoms with E-state index in [9.17, 15) is 14.4 Å². The fourth-order valence-electron chi connectivity index (χ4n) is 5.79. The van der Waals surface area contributed by atoms with Crippen molar-refractivity contribution in [3.8, 4) is 11.5 Å². The number of rotatable bonds is 5. The van der Waals surface area contributed by atoms with Crippen LogP contribution in [0.15, 0.2) is 69.9 Å². The zero-order valence-electron chi connectivity index (χ0n) is 21.5. The molecular formula is C30H26N2O6. The number of hydrogen-bond acceptors (Lipinski definition) is 6. The van der Waals surface area contributed by atoms with Crippen LogP contribution in [0.3, 0.4) is 0 Å². The highest BCUT2D eigenvalue weighted by molar-refractivity contribution is 6.16. The molecule has 2 aliphatic heterocycles. The predicted molar refractivity (Wildman–Crippen MR) is 142 cm³/mol. The van der Waals surface area contributed by atoms with Crippen molar-refractivity contribution in [1.82, 2.24) is 4.90 Å². The smallest absolute Gasteiger partial charge is 0.291 e. The third-order valence-corrected chi connectivity index (χ3v) is 7.59.